The van der Waals surface area contributed by atoms with Crippen LogP contribution in [0.25, 0.3) is 17.1 Å². The fourth-order valence-corrected chi connectivity index (χ4v) is 4.29. The minimum Gasteiger partial charge on any atom is -0.325 e. The van der Waals surface area contributed by atoms with Crippen LogP contribution in [-0.4, -0.2) is 26.4 Å². The second-order valence-electron chi connectivity index (χ2n) is 7.56. The lowest BCUT2D eigenvalue weighted by Gasteiger charge is -2.11. The van der Waals surface area contributed by atoms with E-state index in [9.17, 15) is 4.79 Å². The van der Waals surface area contributed by atoms with Gasteiger partial charge in [-0.1, -0.05) is 61.5 Å². The van der Waals surface area contributed by atoms with Gasteiger partial charge in [0.25, 0.3) is 0 Å². The van der Waals surface area contributed by atoms with E-state index in [1.807, 2.05) is 53.1 Å². The smallest absolute Gasteiger partial charge is 0.234 e. The molecule has 7 heteroatoms. The first-order valence-corrected chi connectivity index (χ1v) is 12.3. The third-order valence-electron chi connectivity index (χ3n) is 5.32. The molecule has 5 nitrogen and oxygen atoms in total. The Morgan fingerprint density at radius 1 is 0.879 bits per heavy atom. The summed E-state index contributed by atoms with van der Waals surface area (Å²) < 4.78 is 1.98. The predicted octanol–water partition coefficient (Wildman–Crippen LogP) is 6.44. The molecule has 4 aromatic rings. The Hall–Kier alpha value is -3.09. The Morgan fingerprint density at radius 3 is 2.09 bits per heavy atom. The van der Waals surface area contributed by atoms with Crippen molar-refractivity contribution in [3.05, 3.63) is 88.9 Å². The summed E-state index contributed by atoms with van der Waals surface area (Å²) in [5.41, 5.74) is 5.12. The molecule has 168 valence electrons. The van der Waals surface area contributed by atoms with Gasteiger partial charge >= 0.3 is 0 Å². The number of amides is 1. The predicted molar refractivity (Wildman–Crippen MR) is 136 cm³/mol. The standard InChI is InChI=1S/C26H25ClN4OS/c1-3-18-5-13-22(14-6-18)28-24(32)17-33-26-30-29-25(20-9-11-21(27)12-10-20)31(26)23-15-7-19(4-2)8-16-23/h5-16H,3-4,17H2,1-2H3,(H,28,32). The molecule has 1 heterocycles. The lowest BCUT2D eigenvalue weighted by atomic mass is 10.1. The number of nitrogens with one attached hydrogen (secondary N) is 1. The first kappa shape index (κ1) is 23.1. The monoisotopic (exact) mass is 476 g/mol. The Labute approximate surface area is 203 Å². The number of hydrogen-bond acceptors (Lipinski definition) is 4. The quantitative estimate of drug-likeness (QED) is 0.297. The summed E-state index contributed by atoms with van der Waals surface area (Å²) >= 11 is 7.43. The third-order valence-corrected chi connectivity index (χ3v) is 6.50. The highest BCUT2D eigenvalue weighted by molar-refractivity contribution is 7.99. The van der Waals surface area contributed by atoms with Crippen LogP contribution in [0, 0.1) is 0 Å². The molecular formula is C26H25ClN4OS. The average Bonchev–Trinajstić information content (AvgIpc) is 3.27. The summed E-state index contributed by atoms with van der Waals surface area (Å²) in [6.45, 7) is 4.23. The molecule has 0 atom stereocenters. The van der Waals surface area contributed by atoms with E-state index >= 15 is 0 Å². The van der Waals surface area contributed by atoms with Crippen LogP contribution in [-0.2, 0) is 17.6 Å². The zero-order valence-corrected chi connectivity index (χ0v) is 20.2. The maximum Gasteiger partial charge on any atom is 0.234 e. The van der Waals surface area contributed by atoms with Crippen molar-refractivity contribution in [3.63, 3.8) is 0 Å². The normalized spacial score (nSPS) is 10.9. The van der Waals surface area contributed by atoms with E-state index < -0.39 is 0 Å². The van der Waals surface area contributed by atoms with E-state index in [2.05, 4.69) is 53.6 Å². The number of nitrogens with zero attached hydrogens (tertiary/aromatic N) is 3. The maximum absolute atomic E-state index is 12.6. The molecule has 0 saturated heterocycles. The first-order chi connectivity index (χ1) is 16.1. The third kappa shape index (κ3) is 5.64. The molecule has 3 aromatic carbocycles. The second kappa shape index (κ2) is 10.7. The molecule has 0 radical (unpaired) electrons. The molecule has 33 heavy (non-hydrogen) atoms. The minimum absolute atomic E-state index is 0.0897. The lowest BCUT2D eigenvalue weighted by molar-refractivity contribution is -0.113. The molecule has 0 unspecified atom stereocenters. The van der Waals surface area contributed by atoms with Gasteiger partial charge in [0.05, 0.1) is 5.75 Å². The van der Waals surface area contributed by atoms with Crippen molar-refractivity contribution in [2.24, 2.45) is 0 Å². The number of aryl methyl sites for hydroxylation is 2. The molecule has 0 aliphatic carbocycles. The summed E-state index contributed by atoms with van der Waals surface area (Å²) in [7, 11) is 0. The highest BCUT2D eigenvalue weighted by atomic mass is 35.5. The number of aromatic nitrogens is 3. The van der Waals surface area contributed by atoms with Crippen molar-refractivity contribution < 1.29 is 4.79 Å². The number of halogens is 1. The van der Waals surface area contributed by atoms with E-state index in [-0.39, 0.29) is 11.7 Å². The number of anilines is 1. The molecular weight excluding hydrogens is 452 g/mol. The van der Waals surface area contributed by atoms with Crippen molar-refractivity contribution in [2.75, 3.05) is 11.1 Å². The van der Waals surface area contributed by atoms with Gasteiger partial charge in [-0.2, -0.15) is 0 Å². The molecule has 0 fully saturated rings. The minimum atomic E-state index is -0.0897. The van der Waals surface area contributed by atoms with E-state index in [4.69, 9.17) is 11.6 Å². The number of thioether (sulfide) groups is 1. The summed E-state index contributed by atoms with van der Waals surface area (Å²) in [4.78, 5) is 12.6. The molecule has 0 bridgehead atoms. The van der Waals surface area contributed by atoms with Gasteiger partial charge in [-0.25, -0.2) is 0 Å². The number of carbonyl (C=O) groups excluding carboxylic acids is 1. The number of rotatable bonds is 8. The van der Waals surface area contributed by atoms with Crippen molar-refractivity contribution >= 4 is 35.0 Å². The molecule has 1 aromatic heterocycles. The zero-order chi connectivity index (χ0) is 23.2. The van der Waals surface area contributed by atoms with Crippen molar-refractivity contribution in [1.29, 1.82) is 0 Å². The van der Waals surface area contributed by atoms with Crippen molar-refractivity contribution in [1.82, 2.24) is 14.8 Å². The van der Waals surface area contributed by atoms with E-state index in [0.717, 1.165) is 29.8 Å². The highest BCUT2D eigenvalue weighted by Crippen LogP contribution is 2.29. The van der Waals surface area contributed by atoms with Crippen LogP contribution < -0.4 is 5.32 Å². The number of carbonyl (C=O) groups is 1. The van der Waals surface area contributed by atoms with Gasteiger partial charge < -0.3 is 5.32 Å². The van der Waals surface area contributed by atoms with E-state index in [1.165, 1.54) is 22.9 Å². The van der Waals surface area contributed by atoms with Crippen LogP contribution in [0.15, 0.2) is 78.0 Å². The van der Waals surface area contributed by atoms with Crippen LogP contribution in [0.2, 0.25) is 5.02 Å². The molecule has 1 amide bonds. The van der Waals surface area contributed by atoms with Gasteiger partial charge in [-0.3, -0.25) is 9.36 Å². The van der Waals surface area contributed by atoms with Gasteiger partial charge in [0, 0.05) is 22.0 Å². The Balaban J connectivity index is 1.57. The Bertz CT molecular complexity index is 1220. The summed E-state index contributed by atoms with van der Waals surface area (Å²) in [6.07, 6.45) is 1.93. The fraction of sp³-hybridized carbons (Fsp3) is 0.192. The molecule has 0 saturated carbocycles. The highest BCUT2D eigenvalue weighted by Gasteiger charge is 2.17. The summed E-state index contributed by atoms with van der Waals surface area (Å²) in [5, 5.41) is 13.1. The second-order valence-corrected chi connectivity index (χ2v) is 8.93. The summed E-state index contributed by atoms with van der Waals surface area (Å²) in [6, 6.07) is 23.7. The van der Waals surface area contributed by atoms with Crippen LogP contribution in [0.5, 0.6) is 0 Å². The zero-order valence-electron chi connectivity index (χ0n) is 18.6. The van der Waals surface area contributed by atoms with Crippen molar-refractivity contribution in [3.8, 4) is 17.1 Å². The number of benzene rings is 3. The van der Waals surface area contributed by atoms with Gasteiger partial charge in [0.2, 0.25) is 5.91 Å². The van der Waals surface area contributed by atoms with Gasteiger partial charge in [0.15, 0.2) is 11.0 Å². The Kier molecular flexibility index (Phi) is 7.47. The molecule has 0 spiro atoms. The number of hydrogen-bond donors (Lipinski definition) is 1. The van der Waals surface area contributed by atoms with E-state index in [0.29, 0.717) is 16.0 Å². The van der Waals surface area contributed by atoms with Crippen LogP contribution in [0.3, 0.4) is 0 Å². The van der Waals surface area contributed by atoms with E-state index in [1.54, 1.807) is 0 Å². The maximum atomic E-state index is 12.6. The van der Waals surface area contributed by atoms with Gasteiger partial charge in [-0.05, 0) is 72.5 Å². The molecule has 4 rings (SSSR count). The van der Waals surface area contributed by atoms with Crippen LogP contribution >= 0.6 is 23.4 Å². The largest absolute Gasteiger partial charge is 0.325 e. The summed E-state index contributed by atoms with van der Waals surface area (Å²) in [5.74, 6) is 0.837. The fourth-order valence-electron chi connectivity index (χ4n) is 3.41. The molecule has 0 aliphatic rings. The van der Waals surface area contributed by atoms with Crippen molar-refractivity contribution in [2.45, 2.75) is 31.8 Å². The average molecular weight is 477 g/mol. The molecule has 0 aliphatic heterocycles. The Morgan fingerprint density at radius 2 is 1.48 bits per heavy atom. The van der Waals surface area contributed by atoms with Crippen LogP contribution in [0.4, 0.5) is 5.69 Å². The van der Waals surface area contributed by atoms with Gasteiger partial charge in [0.1, 0.15) is 0 Å². The topological polar surface area (TPSA) is 59.8 Å². The SMILES string of the molecule is CCc1ccc(NC(=O)CSc2nnc(-c3ccc(Cl)cc3)n2-c2ccc(CC)cc2)cc1. The van der Waals surface area contributed by atoms with Gasteiger partial charge in [-0.15, -0.1) is 10.2 Å². The first-order valence-electron chi connectivity index (χ1n) is 10.9. The molecule has 1 N–H and O–H groups in total. The lowest BCUT2D eigenvalue weighted by Crippen LogP contribution is -2.14. The van der Waals surface area contributed by atoms with Crippen LogP contribution in [0.1, 0.15) is 25.0 Å².